The zero-order valence-corrected chi connectivity index (χ0v) is 14.5. The van der Waals surface area contributed by atoms with E-state index in [4.69, 9.17) is 21.1 Å². The molecule has 0 aliphatic carbocycles. The summed E-state index contributed by atoms with van der Waals surface area (Å²) in [5.74, 6) is -0.958. The van der Waals surface area contributed by atoms with Crippen molar-refractivity contribution in [2.24, 2.45) is 0 Å². The van der Waals surface area contributed by atoms with Crippen LogP contribution in [0.1, 0.15) is 28.7 Å². The molecule has 2 aromatic heterocycles. The molecule has 0 aliphatic heterocycles. The van der Waals surface area contributed by atoms with Gasteiger partial charge in [-0.1, -0.05) is 24.6 Å². The van der Waals surface area contributed by atoms with Gasteiger partial charge in [0.1, 0.15) is 17.9 Å². The number of imidazole rings is 1. The Morgan fingerprint density at radius 2 is 2.16 bits per heavy atom. The van der Waals surface area contributed by atoms with Gasteiger partial charge in [-0.15, -0.1) is 0 Å². The number of para-hydroxylation sites is 1. The van der Waals surface area contributed by atoms with Crippen molar-refractivity contribution in [2.75, 3.05) is 7.11 Å². The zero-order valence-electron chi connectivity index (χ0n) is 13.8. The number of fused-ring (bicyclic) bond motifs is 1. The molecule has 3 rings (SSSR count). The Labute approximate surface area is 149 Å². The molecule has 0 unspecified atom stereocenters. The molecule has 0 N–H and O–H groups in total. The first-order valence-electron chi connectivity index (χ1n) is 7.70. The fourth-order valence-corrected chi connectivity index (χ4v) is 2.86. The molecule has 25 heavy (non-hydrogen) atoms. The third-order valence-corrected chi connectivity index (χ3v) is 4.13. The SMILES string of the molecule is CCc1c(COc2c(F)cccc2Cl)nc2cc(C(=O)OC)ccn12. The van der Waals surface area contributed by atoms with E-state index >= 15 is 0 Å². The maximum absolute atomic E-state index is 13.8. The lowest BCUT2D eigenvalue weighted by molar-refractivity contribution is 0.0600. The summed E-state index contributed by atoms with van der Waals surface area (Å²) in [4.78, 5) is 16.2. The topological polar surface area (TPSA) is 52.8 Å². The molecule has 0 bridgehead atoms. The Morgan fingerprint density at radius 1 is 1.36 bits per heavy atom. The van der Waals surface area contributed by atoms with E-state index in [-0.39, 0.29) is 17.4 Å². The number of hydrogen-bond donors (Lipinski definition) is 0. The molecule has 2 heterocycles. The first-order chi connectivity index (χ1) is 12.0. The first-order valence-corrected chi connectivity index (χ1v) is 8.08. The van der Waals surface area contributed by atoms with Gasteiger partial charge in [0.25, 0.3) is 0 Å². The Kier molecular flexibility index (Phi) is 4.90. The number of rotatable bonds is 5. The number of esters is 1. The molecule has 5 nitrogen and oxygen atoms in total. The van der Waals surface area contributed by atoms with Crippen molar-refractivity contribution >= 4 is 23.2 Å². The summed E-state index contributed by atoms with van der Waals surface area (Å²) in [5.41, 5.74) is 2.58. The van der Waals surface area contributed by atoms with Gasteiger partial charge in [-0.05, 0) is 30.7 Å². The second kappa shape index (κ2) is 7.11. The number of aryl methyl sites for hydroxylation is 1. The van der Waals surface area contributed by atoms with Crippen molar-refractivity contribution in [1.29, 1.82) is 0 Å². The molecule has 0 spiro atoms. The molecule has 0 fully saturated rings. The quantitative estimate of drug-likeness (QED) is 0.642. The van der Waals surface area contributed by atoms with E-state index in [0.717, 1.165) is 5.69 Å². The number of nitrogens with zero attached hydrogens (tertiary/aromatic N) is 2. The van der Waals surface area contributed by atoms with Crippen LogP contribution in [-0.2, 0) is 17.8 Å². The monoisotopic (exact) mass is 362 g/mol. The van der Waals surface area contributed by atoms with Gasteiger partial charge in [-0.25, -0.2) is 14.2 Å². The minimum absolute atomic E-state index is 0.00137. The highest BCUT2D eigenvalue weighted by atomic mass is 35.5. The Morgan fingerprint density at radius 3 is 2.84 bits per heavy atom. The number of benzene rings is 1. The van der Waals surface area contributed by atoms with Crippen LogP contribution in [0.5, 0.6) is 5.75 Å². The number of methoxy groups -OCH3 is 1. The molecule has 7 heteroatoms. The third-order valence-electron chi connectivity index (χ3n) is 3.84. The lowest BCUT2D eigenvalue weighted by atomic mass is 10.2. The molecule has 0 amide bonds. The lowest BCUT2D eigenvalue weighted by Gasteiger charge is -2.08. The molecule has 0 atom stereocenters. The number of halogens is 2. The van der Waals surface area contributed by atoms with Crippen LogP contribution in [0.15, 0.2) is 36.5 Å². The van der Waals surface area contributed by atoms with Gasteiger partial charge < -0.3 is 13.9 Å². The molecule has 0 saturated carbocycles. The van der Waals surface area contributed by atoms with Crippen molar-refractivity contribution in [3.8, 4) is 5.75 Å². The maximum Gasteiger partial charge on any atom is 0.338 e. The maximum atomic E-state index is 13.8. The summed E-state index contributed by atoms with van der Waals surface area (Å²) in [7, 11) is 1.33. The molecule has 0 aliphatic rings. The number of pyridine rings is 1. The largest absolute Gasteiger partial charge is 0.483 e. The van der Waals surface area contributed by atoms with E-state index in [1.54, 1.807) is 24.4 Å². The van der Waals surface area contributed by atoms with Crippen LogP contribution in [0.2, 0.25) is 5.02 Å². The summed E-state index contributed by atoms with van der Waals surface area (Å²) in [6.45, 7) is 2.05. The van der Waals surface area contributed by atoms with Crippen LogP contribution in [0.4, 0.5) is 4.39 Å². The molecule has 130 valence electrons. The summed E-state index contributed by atoms with van der Waals surface area (Å²) < 4.78 is 26.0. The van der Waals surface area contributed by atoms with Gasteiger partial charge in [-0.3, -0.25) is 0 Å². The van der Waals surface area contributed by atoms with E-state index in [1.165, 1.54) is 19.2 Å². The number of hydrogen-bond acceptors (Lipinski definition) is 4. The standard InChI is InChI=1S/C18H16ClFN2O3/c1-3-15-14(10-25-17-12(19)5-4-6-13(17)20)21-16-9-11(18(23)24-2)7-8-22(15)16/h4-9H,3,10H2,1-2H3. The molecular weight excluding hydrogens is 347 g/mol. The molecular formula is C18H16ClFN2O3. The van der Waals surface area contributed by atoms with Crippen LogP contribution in [0.25, 0.3) is 5.65 Å². The molecule has 1 aromatic carbocycles. The van der Waals surface area contributed by atoms with Crippen molar-refractivity contribution in [3.05, 3.63) is 64.3 Å². The van der Waals surface area contributed by atoms with Crippen molar-refractivity contribution in [1.82, 2.24) is 9.38 Å². The van der Waals surface area contributed by atoms with E-state index in [2.05, 4.69) is 4.98 Å². The minimum Gasteiger partial charge on any atom is -0.483 e. The third kappa shape index (κ3) is 3.30. The van der Waals surface area contributed by atoms with Gasteiger partial charge in [0, 0.05) is 11.9 Å². The second-order valence-electron chi connectivity index (χ2n) is 5.33. The Balaban J connectivity index is 1.94. The van der Waals surface area contributed by atoms with Gasteiger partial charge in [-0.2, -0.15) is 0 Å². The van der Waals surface area contributed by atoms with Crippen molar-refractivity contribution in [3.63, 3.8) is 0 Å². The van der Waals surface area contributed by atoms with Crippen LogP contribution < -0.4 is 4.74 Å². The fourth-order valence-electron chi connectivity index (χ4n) is 2.64. The second-order valence-corrected chi connectivity index (χ2v) is 5.74. The number of carbonyl (C=O) groups is 1. The highest BCUT2D eigenvalue weighted by molar-refractivity contribution is 6.32. The summed E-state index contributed by atoms with van der Waals surface area (Å²) in [6.07, 6.45) is 2.45. The highest BCUT2D eigenvalue weighted by Gasteiger charge is 2.15. The Bertz CT molecular complexity index is 919. The Hall–Kier alpha value is -2.60. The minimum atomic E-state index is -0.526. The van der Waals surface area contributed by atoms with E-state index in [1.807, 2.05) is 11.3 Å². The van der Waals surface area contributed by atoms with E-state index < -0.39 is 11.8 Å². The summed E-state index contributed by atoms with van der Waals surface area (Å²) >= 11 is 5.98. The van der Waals surface area contributed by atoms with Gasteiger partial charge in [0.15, 0.2) is 11.6 Å². The number of ether oxygens (including phenoxy) is 2. The van der Waals surface area contributed by atoms with Gasteiger partial charge in [0.05, 0.1) is 17.7 Å². The van der Waals surface area contributed by atoms with Gasteiger partial charge >= 0.3 is 5.97 Å². The average Bonchev–Trinajstić information content (AvgIpc) is 2.97. The van der Waals surface area contributed by atoms with Crippen LogP contribution in [0.3, 0.4) is 0 Å². The van der Waals surface area contributed by atoms with Crippen LogP contribution in [0, 0.1) is 5.82 Å². The van der Waals surface area contributed by atoms with E-state index in [0.29, 0.717) is 23.3 Å². The first kappa shape index (κ1) is 17.2. The predicted molar refractivity (Wildman–Crippen MR) is 91.7 cm³/mol. The smallest absolute Gasteiger partial charge is 0.338 e. The van der Waals surface area contributed by atoms with Gasteiger partial charge in [0.2, 0.25) is 0 Å². The number of carbonyl (C=O) groups excluding carboxylic acids is 1. The lowest BCUT2D eigenvalue weighted by Crippen LogP contribution is -2.03. The predicted octanol–water partition coefficient (Wildman–Crippen LogP) is 4.05. The van der Waals surface area contributed by atoms with E-state index in [9.17, 15) is 9.18 Å². The molecule has 0 radical (unpaired) electrons. The molecule has 3 aromatic rings. The summed E-state index contributed by atoms with van der Waals surface area (Å²) in [5, 5.41) is 0.204. The summed E-state index contributed by atoms with van der Waals surface area (Å²) in [6, 6.07) is 7.67. The van der Waals surface area contributed by atoms with Crippen LogP contribution in [-0.4, -0.2) is 22.5 Å². The molecule has 0 saturated heterocycles. The normalized spacial score (nSPS) is 10.9. The highest BCUT2D eigenvalue weighted by Crippen LogP contribution is 2.28. The zero-order chi connectivity index (χ0) is 18.0. The van der Waals surface area contributed by atoms with Crippen LogP contribution >= 0.6 is 11.6 Å². The fraction of sp³-hybridized carbons (Fsp3) is 0.222. The van der Waals surface area contributed by atoms with Crippen molar-refractivity contribution in [2.45, 2.75) is 20.0 Å². The number of aromatic nitrogens is 2. The van der Waals surface area contributed by atoms with Crippen molar-refractivity contribution < 1.29 is 18.7 Å². The average molecular weight is 363 g/mol.